The van der Waals surface area contributed by atoms with E-state index in [0.29, 0.717) is 0 Å². The van der Waals surface area contributed by atoms with E-state index in [9.17, 15) is 5.11 Å². The van der Waals surface area contributed by atoms with Gasteiger partial charge in [-0.2, -0.15) is 0 Å². The van der Waals surface area contributed by atoms with Gasteiger partial charge in [0.05, 0.1) is 6.61 Å². The quantitative estimate of drug-likeness (QED) is 0.842. The van der Waals surface area contributed by atoms with Crippen molar-refractivity contribution in [2.24, 2.45) is 0 Å². The normalized spacial score (nSPS) is 16.9. The molecule has 1 aliphatic rings. The molecular formula is C16H13BrO. The molecule has 1 nitrogen and oxygen atoms in total. The minimum absolute atomic E-state index is 0.0451. The van der Waals surface area contributed by atoms with Crippen LogP contribution in [0.2, 0.25) is 0 Å². The molecule has 18 heavy (non-hydrogen) atoms. The second-order valence-corrected chi connectivity index (χ2v) is 5.39. The largest absolute Gasteiger partial charge is 0.395 e. The number of hydrogen-bond acceptors (Lipinski definition) is 1. The third-order valence-electron chi connectivity index (χ3n) is 3.42. The summed E-state index contributed by atoms with van der Waals surface area (Å²) in [4.78, 5) is 0. The van der Waals surface area contributed by atoms with Gasteiger partial charge in [0.1, 0.15) is 0 Å². The molecule has 2 heteroatoms. The predicted octanol–water partition coefficient (Wildman–Crippen LogP) is 4.06. The van der Waals surface area contributed by atoms with Crippen LogP contribution in [0.1, 0.15) is 28.2 Å². The first-order valence-corrected chi connectivity index (χ1v) is 6.76. The van der Waals surface area contributed by atoms with Crippen LogP contribution in [0, 0.1) is 0 Å². The van der Waals surface area contributed by atoms with Gasteiger partial charge in [0.2, 0.25) is 0 Å². The second kappa shape index (κ2) is 4.71. The zero-order valence-corrected chi connectivity index (χ0v) is 11.4. The summed E-state index contributed by atoms with van der Waals surface area (Å²) in [5.74, 6) is 0.0451. The summed E-state index contributed by atoms with van der Waals surface area (Å²) in [6.45, 7) is 0.127. The van der Waals surface area contributed by atoms with Gasteiger partial charge in [-0.1, -0.05) is 58.4 Å². The summed E-state index contributed by atoms with van der Waals surface area (Å²) in [6, 6.07) is 14.5. The Bertz CT molecular complexity index is 616. The van der Waals surface area contributed by atoms with Crippen LogP contribution >= 0.6 is 15.9 Å². The Hall–Kier alpha value is -1.38. The third-order valence-corrected chi connectivity index (χ3v) is 3.91. The molecule has 90 valence electrons. The first-order chi connectivity index (χ1) is 8.79. The summed E-state index contributed by atoms with van der Waals surface area (Å²) < 4.78 is 1.05. The Kier molecular flexibility index (Phi) is 3.06. The van der Waals surface area contributed by atoms with Gasteiger partial charge in [-0.3, -0.25) is 0 Å². The zero-order chi connectivity index (χ0) is 12.5. The first-order valence-electron chi connectivity index (χ1n) is 5.97. The molecule has 2 aromatic carbocycles. The van der Waals surface area contributed by atoms with E-state index >= 15 is 0 Å². The van der Waals surface area contributed by atoms with Crippen molar-refractivity contribution in [1.29, 1.82) is 0 Å². The number of rotatable bonds is 1. The molecule has 2 aromatic rings. The molecule has 0 aliphatic heterocycles. The minimum Gasteiger partial charge on any atom is -0.395 e. The zero-order valence-electron chi connectivity index (χ0n) is 9.81. The summed E-state index contributed by atoms with van der Waals surface area (Å²) in [7, 11) is 0. The Labute approximate surface area is 115 Å². The van der Waals surface area contributed by atoms with Crippen molar-refractivity contribution in [3.05, 3.63) is 69.2 Å². The number of benzene rings is 2. The smallest absolute Gasteiger partial charge is 0.0540 e. The van der Waals surface area contributed by atoms with Crippen LogP contribution < -0.4 is 0 Å². The molecule has 3 rings (SSSR count). The van der Waals surface area contributed by atoms with Crippen LogP contribution in [0.25, 0.3) is 12.2 Å². The van der Waals surface area contributed by atoms with E-state index in [1.54, 1.807) is 0 Å². The van der Waals surface area contributed by atoms with Gasteiger partial charge in [-0.25, -0.2) is 0 Å². The second-order valence-electron chi connectivity index (χ2n) is 4.47. The number of aliphatic hydroxyl groups excluding tert-OH is 1. The molecule has 0 saturated carbocycles. The number of aliphatic hydroxyl groups is 1. The van der Waals surface area contributed by atoms with Crippen molar-refractivity contribution in [1.82, 2.24) is 0 Å². The molecule has 0 fully saturated rings. The van der Waals surface area contributed by atoms with Gasteiger partial charge in [0.25, 0.3) is 0 Å². The molecule has 0 spiro atoms. The van der Waals surface area contributed by atoms with Gasteiger partial charge in [-0.05, 0) is 34.4 Å². The van der Waals surface area contributed by atoms with Crippen molar-refractivity contribution < 1.29 is 5.11 Å². The molecule has 0 amide bonds. The molecule has 0 heterocycles. The maximum Gasteiger partial charge on any atom is 0.0540 e. The SMILES string of the molecule is OCC1c2ccccc2C=Cc2ccc(Br)cc21. The van der Waals surface area contributed by atoms with Gasteiger partial charge in [0, 0.05) is 10.4 Å². The molecule has 0 saturated heterocycles. The lowest BCUT2D eigenvalue weighted by molar-refractivity contribution is 0.280. The van der Waals surface area contributed by atoms with Gasteiger partial charge in [0.15, 0.2) is 0 Å². The highest BCUT2D eigenvalue weighted by Gasteiger charge is 2.20. The molecule has 1 N–H and O–H groups in total. The van der Waals surface area contributed by atoms with Crippen molar-refractivity contribution in [2.45, 2.75) is 5.92 Å². The highest BCUT2D eigenvalue weighted by atomic mass is 79.9. The fraction of sp³-hybridized carbons (Fsp3) is 0.125. The first kappa shape index (κ1) is 11.7. The lowest BCUT2D eigenvalue weighted by atomic mass is 9.88. The van der Waals surface area contributed by atoms with Gasteiger partial charge in [-0.15, -0.1) is 0 Å². The van der Waals surface area contributed by atoms with Gasteiger partial charge >= 0.3 is 0 Å². The van der Waals surface area contributed by atoms with Crippen LogP contribution in [0.3, 0.4) is 0 Å². The van der Waals surface area contributed by atoms with Crippen LogP contribution in [-0.2, 0) is 0 Å². The maximum atomic E-state index is 9.76. The van der Waals surface area contributed by atoms with E-state index in [4.69, 9.17) is 0 Å². The lowest BCUT2D eigenvalue weighted by Gasteiger charge is -2.18. The minimum atomic E-state index is 0.0451. The molecule has 0 radical (unpaired) electrons. The topological polar surface area (TPSA) is 20.2 Å². The average molecular weight is 301 g/mol. The lowest BCUT2D eigenvalue weighted by Crippen LogP contribution is -2.08. The fourth-order valence-corrected chi connectivity index (χ4v) is 2.90. The maximum absolute atomic E-state index is 9.76. The Morgan fingerprint density at radius 1 is 0.944 bits per heavy atom. The molecule has 1 aliphatic carbocycles. The van der Waals surface area contributed by atoms with Crippen LogP contribution in [0.5, 0.6) is 0 Å². The average Bonchev–Trinajstić information content (AvgIpc) is 2.54. The third kappa shape index (κ3) is 1.92. The van der Waals surface area contributed by atoms with Crippen LogP contribution in [0.4, 0.5) is 0 Å². The van der Waals surface area contributed by atoms with Gasteiger partial charge < -0.3 is 5.11 Å². The monoisotopic (exact) mass is 300 g/mol. The van der Waals surface area contributed by atoms with Crippen molar-refractivity contribution >= 4 is 28.1 Å². The number of fused-ring (bicyclic) bond motifs is 2. The molecule has 1 unspecified atom stereocenters. The van der Waals surface area contributed by atoms with Crippen LogP contribution in [-0.4, -0.2) is 11.7 Å². The molecule has 0 aromatic heterocycles. The fourth-order valence-electron chi connectivity index (χ4n) is 2.52. The Balaban J connectivity index is 2.26. The van der Waals surface area contributed by atoms with E-state index < -0.39 is 0 Å². The highest BCUT2D eigenvalue weighted by Crippen LogP contribution is 2.35. The summed E-state index contributed by atoms with van der Waals surface area (Å²) in [5.41, 5.74) is 4.72. The van der Waals surface area contributed by atoms with E-state index in [1.165, 1.54) is 22.3 Å². The Morgan fingerprint density at radius 3 is 2.44 bits per heavy atom. The van der Waals surface area contributed by atoms with E-state index in [2.05, 4.69) is 52.3 Å². The van der Waals surface area contributed by atoms with E-state index in [-0.39, 0.29) is 12.5 Å². The predicted molar refractivity (Wildman–Crippen MR) is 78.4 cm³/mol. The summed E-state index contributed by atoms with van der Waals surface area (Å²) in [6.07, 6.45) is 4.24. The highest BCUT2D eigenvalue weighted by molar-refractivity contribution is 9.10. The van der Waals surface area contributed by atoms with Crippen LogP contribution in [0.15, 0.2) is 46.9 Å². The Morgan fingerprint density at radius 2 is 1.67 bits per heavy atom. The standard InChI is InChI=1S/C16H13BrO/c17-13-8-7-12-6-5-11-3-1-2-4-14(11)16(10-18)15(12)9-13/h1-9,16,18H,10H2. The van der Waals surface area contributed by atoms with Crippen molar-refractivity contribution in [2.75, 3.05) is 6.61 Å². The van der Waals surface area contributed by atoms with Crippen molar-refractivity contribution in [3.8, 4) is 0 Å². The summed E-state index contributed by atoms with van der Waals surface area (Å²) in [5, 5.41) is 9.76. The summed E-state index contributed by atoms with van der Waals surface area (Å²) >= 11 is 3.51. The number of halogens is 1. The molecule has 0 bridgehead atoms. The van der Waals surface area contributed by atoms with E-state index in [1.807, 2.05) is 18.2 Å². The number of hydrogen-bond donors (Lipinski definition) is 1. The molecular weight excluding hydrogens is 288 g/mol. The van der Waals surface area contributed by atoms with Crippen molar-refractivity contribution in [3.63, 3.8) is 0 Å². The molecule has 1 atom stereocenters. The van der Waals surface area contributed by atoms with E-state index in [0.717, 1.165) is 4.47 Å².